The van der Waals surface area contributed by atoms with E-state index in [0.29, 0.717) is 40.5 Å². The first-order valence-corrected chi connectivity index (χ1v) is 11.0. The number of amides is 1. The number of carbonyl (C=O) groups is 1. The van der Waals surface area contributed by atoms with Crippen molar-refractivity contribution < 1.29 is 4.79 Å². The SMILES string of the molecule is CCc1c(C#N)c(SC(C(N)=O)c2ccccc2)nc(N(C)CCN(C)CC)c1C#N. The zero-order valence-electron chi connectivity index (χ0n) is 18.4. The van der Waals surface area contributed by atoms with Crippen LogP contribution in [-0.4, -0.2) is 49.5 Å². The number of carbonyl (C=O) groups excluding carboxylic acids is 1. The van der Waals surface area contributed by atoms with Crippen LogP contribution in [0.2, 0.25) is 0 Å². The lowest BCUT2D eigenvalue weighted by Crippen LogP contribution is -2.32. The first-order chi connectivity index (χ1) is 14.9. The lowest BCUT2D eigenvalue weighted by atomic mass is 10.0. The maximum absolute atomic E-state index is 12.2. The number of likely N-dealkylation sites (N-methyl/N-ethyl adjacent to an activating group) is 2. The molecule has 162 valence electrons. The van der Waals surface area contributed by atoms with E-state index in [2.05, 4.69) is 24.0 Å². The Morgan fingerprint density at radius 2 is 1.77 bits per heavy atom. The van der Waals surface area contributed by atoms with Crippen molar-refractivity contribution in [2.45, 2.75) is 30.5 Å². The van der Waals surface area contributed by atoms with Gasteiger partial charge in [-0.25, -0.2) is 4.98 Å². The van der Waals surface area contributed by atoms with Gasteiger partial charge in [-0.15, -0.1) is 0 Å². The molecule has 0 aliphatic carbocycles. The summed E-state index contributed by atoms with van der Waals surface area (Å²) < 4.78 is 0. The molecule has 31 heavy (non-hydrogen) atoms. The topological polar surface area (TPSA) is 110 Å². The molecule has 1 heterocycles. The molecule has 8 heteroatoms. The van der Waals surface area contributed by atoms with Crippen LogP contribution >= 0.6 is 11.8 Å². The Morgan fingerprint density at radius 3 is 2.29 bits per heavy atom. The lowest BCUT2D eigenvalue weighted by molar-refractivity contribution is -0.117. The van der Waals surface area contributed by atoms with E-state index in [4.69, 9.17) is 10.7 Å². The Morgan fingerprint density at radius 1 is 1.13 bits per heavy atom. The molecule has 0 saturated heterocycles. The number of aromatic nitrogens is 1. The van der Waals surface area contributed by atoms with Gasteiger partial charge in [0.05, 0.1) is 11.1 Å². The number of primary amides is 1. The molecule has 2 aromatic rings. The Kier molecular flexibility index (Phi) is 8.87. The fraction of sp³-hybridized carbons (Fsp3) is 0.391. The standard InChI is InChI=1S/C23H28N6OS/c1-5-17-18(14-24)22(29(4)13-12-28(3)6-2)27-23(19(17)15-25)31-20(21(26)30)16-10-8-7-9-11-16/h7-11,20H,5-6,12-13H2,1-4H3,(H2,26,30). The van der Waals surface area contributed by atoms with Gasteiger partial charge in [0.15, 0.2) is 0 Å². The number of thioether (sulfide) groups is 1. The number of benzene rings is 1. The Balaban J connectivity index is 2.57. The lowest BCUT2D eigenvalue weighted by Gasteiger charge is -2.25. The van der Waals surface area contributed by atoms with Gasteiger partial charge in [-0.05, 0) is 31.1 Å². The van der Waals surface area contributed by atoms with Crippen LogP contribution < -0.4 is 10.6 Å². The summed E-state index contributed by atoms with van der Waals surface area (Å²) in [6.07, 6.45) is 0.504. The van der Waals surface area contributed by atoms with Crippen molar-refractivity contribution in [3.63, 3.8) is 0 Å². The van der Waals surface area contributed by atoms with Gasteiger partial charge in [-0.3, -0.25) is 4.79 Å². The Bertz CT molecular complexity index is 996. The van der Waals surface area contributed by atoms with Crippen LogP contribution in [0.1, 0.15) is 41.4 Å². The van der Waals surface area contributed by atoms with Crippen molar-refractivity contribution in [1.29, 1.82) is 10.5 Å². The number of hydrogen-bond donors (Lipinski definition) is 1. The molecule has 1 atom stereocenters. The summed E-state index contributed by atoms with van der Waals surface area (Å²) in [5.41, 5.74) is 7.81. The second kappa shape index (κ2) is 11.4. The van der Waals surface area contributed by atoms with Gasteiger partial charge in [-0.2, -0.15) is 10.5 Å². The number of rotatable bonds is 10. The number of pyridine rings is 1. The van der Waals surface area contributed by atoms with E-state index in [1.54, 1.807) is 0 Å². The average Bonchev–Trinajstić information content (AvgIpc) is 2.79. The largest absolute Gasteiger partial charge is 0.368 e. The van der Waals surface area contributed by atoms with Crippen LogP contribution in [0, 0.1) is 22.7 Å². The van der Waals surface area contributed by atoms with Crippen molar-refractivity contribution in [2.75, 3.05) is 38.6 Å². The molecule has 1 amide bonds. The summed E-state index contributed by atoms with van der Waals surface area (Å²) >= 11 is 1.16. The molecule has 1 unspecified atom stereocenters. The highest BCUT2D eigenvalue weighted by Gasteiger charge is 2.26. The molecule has 0 bridgehead atoms. The van der Waals surface area contributed by atoms with E-state index in [0.717, 1.165) is 30.4 Å². The van der Waals surface area contributed by atoms with Gasteiger partial charge < -0.3 is 15.5 Å². The van der Waals surface area contributed by atoms with Gasteiger partial charge in [-0.1, -0.05) is 55.9 Å². The van der Waals surface area contributed by atoms with Crippen LogP contribution in [0.4, 0.5) is 5.82 Å². The minimum absolute atomic E-state index is 0.328. The molecule has 0 spiro atoms. The van der Waals surface area contributed by atoms with Gasteiger partial charge in [0.1, 0.15) is 28.2 Å². The number of anilines is 1. The molecule has 1 aromatic heterocycles. The molecule has 7 nitrogen and oxygen atoms in total. The fourth-order valence-corrected chi connectivity index (χ4v) is 4.22. The van der Waals surface area contributed by atoms with Crippen molar-refractivity contribution in [1.82, 2.24) is 9.88 Å². The highest BCUT2D eigenvalue weighted by molar-refractivity contribution is 8.00. The second-order valence-corrected chi connectivity index (χ2v) is 8.27. The summed E-state index contributed by atoms with van der Waals surface area (Å²) in [7, 11) is 3.91. The quantitative estimate of drug-likeness (QED) is 0.570. The molecule has 1 aromatic carbocycles. The number of nitrogens with zero attached hydrogens (tertiary/aromatic N) is 5. The molecule has 2 rings (SSSR count). The minimum atomic E-state index is -0.692. The summed E-state index contributed by atoms with van der Waals surface area (Å²) in [5, 5.41) is 19.4. The Labute approximate surface area is 188 Å². The smallest absolute Gasteiger partial charge is 0.235 e. The third-order valence-electron chi connectivity index (χ3n) is 5.13. The van der Waals surface area contributed by atoms with Gasteiger partial charge in [0.25, 0.3) is 0 Å². The van der Waals surface area contributed by atoms with Crippen LogP contribution in [-0.2, 0) is 11.2 Å². The summed E-state index contributed by atoms with van der Waals surface area (Å²) in [6, 6.07) is 13.6. The maximum Gasteiger partial charge on any atom is 0.235 e. The van der Waals surface area contributed by atoms with Gasteiger partial charge >= 0.3 is 0 Å². The van der Waals surface area contributed by atoms with Crippen LogP contribution in [0.15, 0.2) is 35.4 Å². The van der Waals surface area contributed by atoms with E-state index in [-0.39, 0.29) is 0 Å². The number of hydrogen-bond acceptors (Lipinski definition) is 7. The molecule has 0 radical (unpaired) electrons. The van der Waals surface area contributed by atoms with Gasteiger partial charge in [0.2, 0.25) is 5.91 Å². The van der Waals surface area contributed by atoms with Crippen molar-refractivity contribution in [3.8, 4) is 12.1 Å². The third-order valence-corrected chi connectivity index (χ3v) is 6.39. The second-order valence-electron chi connectivity index (χ2n) is 7.17. The van der Waals surface area contributed by atoms with E-state index in [1.165, 1.54) is 0 Å². The summed E-state index contributed by atoms with van der Waals surface area (Å²) in [4.78, 5) is 21.0. The van der Waals surface area contributed by atoms with E-state index >= 15 is 0 Å². The van der Waals surface area contributed by atoms with Crippen molar-refractivity contribution in [2.24, 2.45) is 5.73 Å². The van der Waals surface area contributed by atoms with Gasteiger partial charge in [0, 0.05) is 20.1 Å². The maximum atomic E-state index is 12.2. The zero-order chi connectivity index (χ0) is 23.0. The molecule has 0 aliphatic rings. The van der Waals surface area contributed by atoms with Crippen LogP contribution in [0.5, 0.6) is 0 Å². The number of nitriles is 2. The van der Waals surface area contributed by atoms with Crippen LogP contribution in [0.3, 0.4) is 0 Å². The predicted octanol–water partition coefficient (Wildman–Crippen LogP) is 3.09. The van der Waals surface area contributed by atoms with Crippen molar-refractivity contribution >= 4 is 23.5 Å². The Hall–Kier alpha value is -3.07. The monoisotopic (exact) mass is 436 g/mol. The molecular formula is C23H28N6OS. The molecular weight excluding hydrogens is 408 g/mol. The highest BCUT2D eigenvalue weighted by Crippen LogP contribution is 2.39. The molecule has 2 N–H and O–H groups in total. The molecule has 0 saturated carbocycles. The van der Waals surface area contributed by atoms with E-state index < -0.39 is 11.2 Å². The first kappa shape index (κ1) is 24.2. The first-order valence-electron chi connectivity index (χ1n) is 10.1. The zero-order valence-corrected chi connectivity index (χ0v) is 19.2. The predicted molar refractivity (Wildman–Crippen MR) is 124 cm³/mol. The summed E-state index contributed by atoms with van der Waals surface area (Å²) in [6.45, 7) is 6.37. The van der Waals surface area contributed by atoms with E-state index in [1.807, 2.05) is 56.3 Å². The van der Waals surface area contributed by atoms with E-state index in [9.17, 15) is 15.3 Å². The number of nitrogens with two attached hydrogens (primary N) is 1. The third kappa shape index (κ3) is 5.75. The minimum Gasteiger partial charge on any atom is -0.368 e. The normalized spacial score (nSPS) is 11.6. The fourth-order valence-electron chi connectivity index (χ4n) is 3.16. The summed E-state index contributed by atoms with van der Waals surface area (Å²) in [5.74, 6) is 0.00501. The van der Waals surface area contributed by atoms with Crippen LogP contribution in [0.25, 0.3) is 0 Å². The molecule has 0 aliphatic heterocycles. The highest BCUT2D eigenvalue weighted by atomic mass is 32.2. The van der Waals surface area contributed by atoms with Crippen molar-refractivity contribution in [3.05, 3.63) is 52.6 Å². The average molecular weight is 437 g/mol. The molecule has 0 fully saturated rings.